The van der Waals surface area contributed by atoms with Gasteiger partial charge in [-0.1, -0.05) is 18.1 Å². The minimum absolute atomic E-state index is 0.000772. The smallest absolute Gasteiger partial charge is 0.324 e. The van der Waals surface area contributed by atoms with Gasteiger partial charge in [-0.05, 0) is 48.9 Å². The molecule has 2 N–H and O–H groups in total. The van der Waals surface area contributed by atoms with Gasteiger partial charge in [0.05, 0.1) is 18.5 Å². The fourth-order valence-corrected chi connectivity index (χ4v) is 5.20. The Morgan fingerprint density at radius 3 is 2.59 bits per heavy atom. The quantitative estimate of drug-likeness (QED) is 0.483. The molecule has 0 unspecified atom stereocenters. The van der Waals surface area contributed by atoms with Crippen LogP contribution in [0.25, 0.3) is 0 Å². The average Bonchev–Trinajstić information content (AvgIpc) is 3.56. The molecule has 0 radical (unpaired) electrons. The lowest BCUT2D eigenvalue weighted by atomic mass is 9.92. The maximum Gasteiger partial charge on any atom is 0.324 e. The van der Waals surface area contributed by atoms with Gasteiger partial charge in [0.2, 0.25) is 5.95 Å². The Hall–Kier alpha value is -3.34. The molecular weight excluding hydrogens is 480 g/mol. The van der Waals surface area contributed by atoms with Crippen molar-refractivity contribution < 1.29 is 18.0 Å². The van der Waals surface area contributed by atoms with Crippen LogP contribution in [0.15, 0.2) is 35.1 Å². The van der Waals surface area contributed by atoms with Gasteiger partial charge in [-0.2, -0.15) is 4.98 Å². The Labute approximate surface area is 215 Å². The van der Waals surface area contributed by atoms with Crippen LogP contribution in [0.3, 0.4) is 0 Å². The molecule has 2 aliphatic rings. The lowest BCUT2D eigenvalue weighted by Gasteiger charge is -2.33. The third kappa shape index (κ3) is 5.51. The van der Waals surface area contributed by atoms with Crippen LogP contribution in [0.2, 0.25) is 0 Å². The number of hydrogen-bond donors (Lipinski definition) is 1. The molecule has 0 saturated carbocycles. The van der Waals surface area contributed by atoms with E-state index in [0.717, 1.165) is 38.2 Å². The summed E-state index contributed by atoms with van der Waals surface area (Å²) < 4.78 is 39.1. The number of nitrogens with zero attached hydrogens (tertiary/aromatic N) is 6. The van der Waals surface area contributed by atoms with Crippen LogP contribution in [0.5, 0.6) is 5.75 Å². The number of benzene rings is 1. The molecular formula is C26H33F2N7O2. The number of aryl methyl sites for hydroxylation is 1. The Morgan fingerprint density at radius 1 is 1.16 bits per heavy atom. The van der Waals surface area contributed by atoms with Crippen molar-refractivity contribution in [3.63, 3.8) is 0 Å². The van der Waals surface area contributed by atoms with E-state index in [4.69, 9.17) is 15.0 Å². The molecule has 3 atom stereocenters. The van der Waals surface area contributed by atoms with Crippen molar-refractivity contribution in [2.45, 2.75) is 57.8 Å². The highest BCUT2D eigenvalue weighted by atomic mass is 19.1. The largest absolute Gasteiger partial charge is 0.487 e. The molecule has 0 bridgehead atoms. The molecule has 198 valence electrons. The zero-order chi connectivity index (χ0) is 25.9. The average molecular weight is 514 g/mol. The maximum absolute atomic E-state index is 14.5. The molecule has 37 heavy (non-hydrogen) atoms. The van der Waals surface area contributed by atoms with Crippen molar-refractivity contribution in [1.29, 1.82) is 0 Å². The number of nitrogens with two attached hydrogens (primary N) is 1. The van der Waals surface area contributed by atoms with Gasteiger partial charge in [-0.3, -0.25) is 0 Å². The first-order valence-corrected chi connectivity index (χ1v) is 12.9. The fraction of sp³-hybridized carbons (Fsp3) is 0.538. The van der Waals surface area contributed by atoms with Gasteiger partial charge < -0.3 is 24.8 Å². The van der Waals surface area contributed by atoms with Crippen molar-refractivity contribution in [1.82, 2.24) is 20.1 Å². The minimum atomic E-state index is -0.639. The molecule has 5 rings (SSSR count). The van der Waals surface area contributed by atoms with E-state index in [1.165, 1.54) is 12.1 Å². The third-order valence-corrected chi connectivity index (χ3v) is 7.45. The number of halogens is 2. The fourth-order valence-electron chi connectivity index (χ4n) is 5.20. The van der Waals surface area contributed by atoms with Crippen molar-refractivity contribution in [3.05, 3.63) is 53.4 Å². The molecule has 3 aromatic rings. The molecule has 4 heterocycles. The summed E-state index contributed by atoms with van der Waals surface area (Å²) >= 11 is 0. The highest BCUT2D eigenvalue weighted by Crippen LogP contribution is 2.32. The van der Waals surface area contributed by atoms with Crippen LogP contribution < -0.4 is 20.3 Å². The van der Waals surface area contributed by atoms with E-state index in [2.05, 4.69) is 31.9 Å². The number of ether oxygens (including phenoxy) is 1. The Morgan fingerprint density at radius 2 is 1.92 bits per heavy atom. The molecule has 2 saturated heterocycles. The zero-order valence-corrected chi connectivity index (χ0v) is 21.2. The van der Waals surface area contributed by atoms with Gasteiger partial charge in [-0.25, -0.2) is 18.7 Å². The summed E-state index contributed by atoms with van der Waals surface area (Å²) in [5, 5.41) is 3.98. The summed E-state index contributed by atoms with van der Waals surface area (Å²) in [5.41, 5.74) is 7.22. The number of aromatic nitrogens is 4. The van der Waals surface area contributed by atoms with Crippen LogP contribution >= 0.6 is 0 Å². The number of rotatable bonds is 8. The van der Waals surface area contributed by atoms with Crippen LogP contribution in [-0.4, -0.2) is 58.4 Å². The van der Waals surface area contributed by atoms with E-state index >= 15 is 0 Å². The standard InChI is InChI=1S/C26H33F2N7O2/c1-3-24-32-26(37-33-24)34-8-6-18(7-9-34)16(2)36-19-12-30-25(31-13-19)35-14-21(23(29)15-35)20-10-17(11-27)4-5-22(20)28/h4-5,10,12-13,16,18,21,23H,3,6-9,11,14-15,29H2,1-2H3/t16-,21+,23-/m0/s1. The highest BCUT2D eigenvalue weighted by Gasteiger charge is 2.34. The predicted octanol–water partition coefficient (Wildman–Crippen LogP) is 3.65. The number of alkyl halides is 1. The highest BCUT2D eigenvalue weighted by molar-refractivity contribution is 5.39. The van der Waals surface area contributed by atoms with Crippen LogP contribution in [-0.2, 0) is 13.1 Å². The van der Waals surface area contributed by atoms with Gasteiger partial charge in [0.25, 0.3) is 0 Å². The Kier molecular flexibility index (Phi) is 7.50. The zero-order valence-electron chi connectivity index (χ0n) is 21.2. The van der Waals surface area contributed by atoms with Gasteiger partial charge in [-0.15, -0.1) is 0 Å². The molecule has 0 amide bonds. The van der Waals surface area contributed by atoms with Crippen molar-refractivity contribution in [2.75, 3.05) is 36.0 Å². The van der Waals surface area contributed by atoms with Gasteiger partial charge in [0.1, 0.15) is 12.5 Å². The van der Waals surface area contributed by atoms with E-state index in [0.29, 0.717) is 47.8 Å². The lowest BCUT2D eigenvalue weighted by molar-refractivity contribution is 0.131. The number of piperidine rings is 1. The number of anilines is 2. The maximum atomic E-state index is 14.5. The topological polar surface area (TPSA) is 106 Å². The molecule has 1 aromatic carbocycles. The first-order chi connectivity index (χ1) is 17.9. The van der Waals surface area contributed by atoms with E-state index in [9.17, 15) is 8.78 Å². The SMILES string of the molecule is CCc1noc(N2CCC([C@H](C)Oc3cnc(N4C[C@H](c5cc(CF)ccc5F)[C@@H](N)C4)nc3)CC2)n1. The second-order valence-electron chi connectivity index (χ2n) is 9.88. The minimum Gasteiger partial charge on any atom is -0.487 e. The van der Waals surface area contributed by atoms with Crippen LogP contribution in [0.4, 0.5) is 20.7 Å². The summed E-state index contributed by atoms with van der Waals surface area (Å²) in [6, 6.07) is 4.61. The summed E-state index contributed by atoms with van der Waals surface area (Å²) in [7, 11) is 0. The second kappa shape index (κ2) is 11.0. The van der Waals surface area contributed by atoms with E-state index < -0.39 is 6.67 Å². The molecule has 11 heteroatoms. The third-order valence-electron chi connectivity index (χ3n) is 7.45. The monoisotopic (exact) mass is 513 g/mol. The van der Waals surface area contributed by atoms with Gasteiger partial charge in [0.15, 0.2) is 11.6 Å². The Balaban J connectivity index is 1.15. The van der Waals surface area contributed by atoms with Crippen LogP contribution in [0.1, 0.15) is 49.6 Å². The summed E-state index contributed by atoms with van der Waals surface area (Å²) in [5.74, 6) is 1.59. The normalized spacial score (nSPS) is 21.4. The first-order valence-electron chi connectivity index (χ1n) is 12.9. The van der Waals surface area contributed by atoms with E-state index in [1.807, 2.05) is 11.8 Å². The summed E-state index contributed by atoms with van der Waals surface area (Å²) in [4.78, 5) is 17.5. The molecule has 2 fully saturated rings. The van der Waals surface area contributed by atoms with Crippen molar-refractivity contribution in [2.24, 2.45) is 11.7 Å². The van der Waals surface area contributed by atoms with Gasteiger partial charge >= 0.3 is 6.01 Å². The summed E-state index contributed by atoms with van der Waals surface area (Å²) in [6.07, 6.45) is 6.00. The summed E-state index contributed by atoms with van der Waals surface area (Å²) in [6.45, 7) is 6.06. The van der Waals surface area contributed by atoms with E-state index in [1.54, 1.807) is 18.5 Å². The van der Waals surface area contributed by atoms with Crippen LogP contribution in [0, 0.1) is 11.7 Å². The first kappa shape index (κ1) is 25.3. The van der Waals surface area contributed by atoms with Crippen molar-refractivity contribution >= 4 is 12.0 Å². The molecule has 9 nitrogen and oxygen atoms in total. The second-order valence-corrected chi connectivity index (χ2v) is 9.88. The Bertz CT molecular complexity index is 1180. The lowest BCUT2D eigenvalue weighted by Crippen LogP contribution is -2.38. The molecule has 2 aliphatic heterocycles. The molecule has 0 aliphatic carbocycles. The van der Waals surface area contributed by atoms with Gasteiger partial charge in [0, 0.05) is 44.6 Å². The predicted molar refractivity (Wildman–Crippen MR) is 135 cm³/mol. The molecule has 0 spiro atoms. The molecule has 2 aromatic heterocycles. The van der Waals surface area contributed by atoms with Crippen molar-refractivity contribution in [3.8, 4) is 5.75 Å². The van der Waals surface area contributed by atoms with E-state index in [-0.39, 0.29) is 23.9 Å². The number of hydrogen-bond acceptors (Lipinski definition) is 9.